The van der Waals surface area contributed by atoms with Crippen LogP contribution in [0.15, 0.2) is 9.53 Å². The minimum absolute atomic E-state index is 0.0352. The first kappa shape index (κ1) is 13.9. The van der Waals surface area contributed by atoms with Gasteiger partial charge in [0, 0.05) is 0 Å². The van der Waals surface area contributed by atoms with Crippen LogP contribution >= 0.6 is 15.9 Å². The van der Waals surface area contributed by atoms with E-state index in [0.29, 0.717) is 4.73 Å². The molecule has 0 radical (unpaired) electrons. The highest BCUT2D eigenvalue weighted by atomic mass is 79.9. The van der Waals surface area contributed by atoms with Crippen molar-refractivity contribution in [2.45, 2.75) is 12.8 Å². The SMILES string of the molecule is Nc1nc2c(nc(Br)n2COC(CO)CO)c(=O)[nH]1. The number of aromatic amines is 1. The van der Waals surface area contributed by atoms with Crippen LogP contribution < -0.4 is 11.3 Å². The number of nitrogens with two attached hydrogens (primary N) is 1. The Bertz CT molecular complexity index is 635. The van der Waals surface area contributed by atoms with E-state index in [0.717, 1.165) is 0 Å². The van der Waals surface area contributed by atoms with Gasteiger partial charge in [0.05, 0.1) is 13.2 Å². The fraction of sp³-hybridized carbons (Fsp3) is 0.444. The first-order chi connectivity index (χ1) is 9.06. The molecule has 104 valence electrons. The van der Waals surface area contributed by atoms with Crippen molar-refractivity contribution in [2.75, 3.05) is 18.9 Å². The number of imidazole rings is 1. The van der Waals surface area contributed by atoms with Gasteiger partial charge in [-0.3, -0.25) is 14.3 Å². The lowest BCUT2D eigenvalue weighted by molar-refractivity contribution is -0.0494. The number of nitrogens with zero attached hydrogens (tertiary/aromatic N) is 3. The first-order valence-electron chi connectivity index (χ1n) is 5.31. The van der Waals surface area contributed by atoms with Crippen LogP contribution in [0.4, 0.5) is 5.95 Å². The molecule has 2 aromatic rings. The highest BCUT2D eigenvalue weighted by molar-refractivity contribution is 9.10. The normalized spacial score (nSPS) is 11.6. The summed E-state index contributed by atoms with van der Waals surface area (Å²) in [6, 6.07) is 0. The monoisotopic (exact) mass is 333 g/mol. The average molecular weight is 334 g/mol. The second-order valence-corrected chi connectivity index (χ2v) is 4.42. The molecule has 2 aromatic heterocycles. The Morgan fingerprint density at radius 2 is 2.11 bits per heavy atom. The number of aliphatic hydroxyl groups excluding tert-OH is 2. The number of fused-ring (bicyclic) bond motifs is 1. The highest BCUT2D eigenvalue weighted by Gasteiger charge is 2.15. The molecule has 0 aromatic carbocycles. The topological polar surface area (TPSA) is 139 Å². The van der Waals surface area contributed by atoms with E-state index in [1.165, 1.54) is 4.57 Å². The maximum absolute atomic E-state index is 11.6. The van der Waals surface area contributed by atoms with E-state index in [9.17, 15) is 4.79 Å². The Balaban J connectivity index is 2.37. The van der Waals surface area contributed by atoms with Crippen LogP contribution in [0.3, 0.4) is 0 Å². The Morgan fingerprint density at radius 1 is 1.42 bits per heavy atom. The van der Waals surface area contributed by atoms with Crippen LogP contribution in [0.2, 0.25) is 0 Å². The Morgan fingerprint density at radius 3 is 2.74 bits per heavy atom. The number of anilines is 1. The van der Waals surface area contributed by atoms with Gasteiger partial charge >= 0.3 is 0 Å². The summed E-state index contributed by atoms with van der Waals surface area (Å²) in [6.07, 6.45) is -0.719. The number of hydrogen-bond donors (Lipinski definition) is 4. The molecule has 0 saturated carbocycles. The summed E-state index contributed by atoms with van der Waals surface area (Å²) in [6.45, 7) is -0.688. The third-order valence-corrected chi connectivity index (χ3v) is 3.03. The van der Waals surface area contributed by atoms with Gasteiger partial charge in [0.25, 0.3) is 5.56 Å². The summed E-state index contributed by atoms with van der Waals surface area (Å²) < 4.78 is 7.05. The quantitative estimate of drug-likeness (QED) is 0.503. The van der Waals surface area contributed by atoms with Crippen molar-refractivity contribution in [3.63, 3.8) is 0 Å². The van der Waals surface area contributed by atoms with Crippen molar-refractivity contribution in [3.8, 4) is 0 Å². The van der Waals surface area contributed by atoms with Gasteiger partial charge in [-0.25, -0.2) is 4.98 Å². The smallest absolute Gasteiger partial charge is 0.280 e. The zero-order chi connectivity index (χ0) is 14.0. The molecule has 2 heterocycles. The second-order valence-electron chi connectivity index (χ2n) is 3.72. The lowest BCUT2D eigenvalue weighted by Crippen LogP contribution is -2.23. The number of nitrogen functional groups attached to an aromatic ring is 1. The van der Waals surface area contributed by atoms with Crippen molar-refractivity contribution < 1.29 is 14.9 Å². The van der Waals surface area contributed by atoms with E-state index in [4.69, 9.17) is 20.7 Å². The van der Waals surface area contributed by atoms with Gasteiger partial charge in [-0.15, -0.1) is 0 Å². The number of aliphatic hydroxyl groups is 2. The molecular weight excluding hydrogens is 322 g/mol. The molecule has 0 aliphatic rings. The van der Waals surface area contributed by atoms with Gasteiger partial charge < -0.3 is 20.7 Å². The molecule has 19 heavy (non-hydrogen) atoms. The molecule has 10 heteroatoms. The van der Waals surface area contributed by atoms with E-state index < -0.39 is 11.7 Å². The third kappa shape index (κ3) is 2.76. The largest absolute Gasteiger partial charge is 0.394 e. The van der Waals surface area contributed by atoms with Crippen LogP contribution in [0.5, 0.6) is 0 Å². The molecule has 0 unspecified atom stereocenters. The molecule has 2 rings (SSSR count). The Hall–Kier alpha value is -1.49. The van der Waals surface area contributed by atoms with Crippen molar-refractivity contribution in [2.24, 2.45) is 0 Å². The van der Waals surface area contributed by atoms with Gasteiger partial charge in [0.15, 0.2) is 15.9 Å². The fourth-order valence-corrected chi connectivity index (χ4v) is 1.91. The molecule has 0 aliphatic carbocycles. The van der Waals surface area contributed by atoms with Crippen LogP contribution in [0.1, 0.15) is 0 Å². The van der Waals surface area contributed by atoms with Crippen LogP contribution in [0, 0.1) is 0 Å². The highest BCUT2D eigenvalue weighted by Crippen LogP contribution is 2.16. The molecule has 5 N–H and O–H groups in total. The molecule has 9 nitrogen and oxygen atoms in total. The van der Waals surface area contributed by atoms with Gasteiger partial charge in [-0.1, -0.05) is 0 Å². The number of nitrogens with one attached hydrogen (secondary N) is 1. The Kier molecular flexibility index (Phi) is 4.14. The van der Waals surface area contributed by atoms with E-state index in [1.54, 1.807) is 0 Å². The number of H-pyrrole nitrogens is 1. The van der Waals surface area contributed by atoms with E-state index in [1.807, 2.05) is 0 Å². The van der Waals surface area contributed by atoms with Crippen LogP contribution in [0.25, 0.3) is 11.2 Å². The zero-order valence-electron chi connectivity index (χ0n) is 9.71. The lowest BCUT2D eigenvalue weighted by Gasteiger charge is -2.13. The van der Waals surface area contributed by atoms with Crippen molar-refractivity contribution >= 4 is 33.0 Å². The molecule has 0 fully saturated rings. The Labute approximate surface area is 115 Å². The maximum atomic E-state index is 11.6. The van der Waals surface area contributed by atoms with E-state index in [-0.39, 0.29) is 37.1 Å². The molecular formula is C9H12BrN5O4. The van der Waals surface area contributed by atoms with E-state index in [2.05, 4.69) is 30.9 Å². The minimum Gasteiger partial charge on any atom is -0.394 e. The molecule has 0 amide bonds. The molecule has 0 bridgehead atoms. The van der Waals surface area contributed by atoms with Crippen LogP contribution in [-0.2, 0) is 11.5 Å². The van der Waals surface area contributed by atoms with Gasteiger partial charge in [0.2, 0.25) is 5.95 Å². The van der Waals surface area contributed by atoms with Gasteiger partial charge in [0.1, 0.15) is 12.8 Å². The second kappa shape index (κ2) is 5.65. The number of halogens is 1. The number of hydrogen-bond acceptors (Lipinski definition) is 7. The van der Waals surface area contributed by atoms with Gasteiger partial charge in [-0.05, 0) is 15.9 Å². The first-order valence-corrected chi connectivity index (χ1v) is 6.11. The standard InChI is InChI=1S/C9H12BrN5O4/c10-8-12-5-6(13-9(11)14-7(5)18)15(8)3-19-4(1-16)2-17/h4,16-17H,1-3H2,(H3,11,13,14,18). The fourth-order valence-electron chi connectivity index (χ4n) is 1.46. The molecule has 0 atom stereocenters. The summed E-state index contributed by atoms with van der Waals surface area (Å²) in [5.74, 6) is -0.0352. The number of aromatic nitrogens is 4. The van der Waals surface area contributed by atoms with Gasteiger partial charge in [-0.2, -0.15) is 4.98 Å². The van der Waals surface area contributed by atoms with Crippen molar-refractivity contribution in [1.82, 2.24) is 19.5 Å². The average Bonchev–Trinajstić information content (AvgIpc) is 2.68. The predicted octanol–water partition coefficient (Wildman–Crippen LogP) is -1.21. The van der Waals surface area contributed by atoms with Crippen molar-refractivity contribution in [1.29, 1.82) is 0 Å². The van der Waals surface area contributed by atoms with E-state index >= 15 is 0 Å². The molecule has 0 saturated heterocycles. The maximum Gasteiger partial charge on any atom is 0.280 e. The summed E-state index contributed by atoms with van der Waals surface area (Å²) >= 11 is 3.18. The number of rotatable bonds is 5. The molecule has 0 spiro atoms. The summed E-state index contributed by atoms with van der Waals surface area (Å²) in [5, 5.41) is 17.8. The summed E-state index contributed by atoms with van der Waals surface area (Å²) in [5.41, 5.74) is 5.38. The summed E-state index contributed by atoms with van der Waals surface area (Å²) in [4.78, 5) is 21.9. The summed E-state index contributed by atoms with van der Waals surface area (Å²) in [7, 11) is 0. The lowest BCUT2D eigenvalue weighted by atomic mass is 10.4. The third-order valence-electron chi connectivity index (χ3n) is 2.42. The van der Waals surface area contributed by atoms with Crippen LogP contribution in [-0.4, -0.2) is 49.0 Å². The number of ether oxygens (including phenoxy) is 1. The predicted molar refractivity (Wildman–Crippen MR) is 69.3 cm³/mol. The minimum atomic E-state index is -0.719. The van der Waals surface area contributed by atoms with Crippen molar-refractivity contribution in [3.05, 3.63) is 15.1 Å². The zero-order valence-corrected chi connectivity index (χ0v) is 11.3. The molecule has 0 aliphatic heterocycles.